The van der Waals surface area contributed by atoms with E-state index in [0.717, 1.165) is 0 Å². The molecule has 0 saturated heterocycles. The molecule has 0 aliphatic heterocycles. The molecule has 0 aromatic carbocycles. The summed E-state index contributed by atoms with van der Waals surface area (Å²) < 4.78 is 0. The van der Waals surface area contributed by atoms with Gasteiger partial charge in [-0.25, -0.2) is 0 Å². The first-order valence-corrected chi connectivity index (χ1v) is 6.03. The monoisotopic (exact) mass is 342 g/mol. The van der Waals surface area contributed by atoms with E-state index in [2.05, 4.69) is 13.8 Å². The van der Waals surface area contributed by atoms with Crippen LogP contribution in [0.1, 0.15) is 69.2 Å². The molecule has 0 aliphatic rings. The zero-order chi connectivity index (χ0) is 14.8. The standard InChI is InChI=1S/4C3H7.2C2H5.Ti.Zn/c4*1-3-2;2*1-2;;/h4*3H,1-2H3;2*1H2,2H3;;/q6*-1;+4;+2. The molecular weight excluding hydrogens is 305 g/mol. The summed E-state index contributed by atoms with van der Waals surface area (Å²) in [5.74, 6) is 0. The Morgan fingerprint density at radius 1 is 0.444 bits per heavy atom. The Balaban J connectivity index is -0.0000000110. The van der Waals surface area contributed by atoms with Crippen molar-refractivity contribution in [3.05, 3.63) is 39.5 Å². The molecule has 2 heteroatoms. The van der Waals surface area contributed by atoms with E-state index >= 15 is 0 Å². The average molecular weight is 344 g/mol. The van der Waals surface area contributed by atoms with E-state index in [0.29, 0.717) is 0 Å². The van der Waals surface area contributed by atoms with Gasteiger partial charge in [-0.2, -0.15) is 69.2 Å². The summed E-state index contributed by atoms with van der Waals surface area (Å²) in [5.41, 5.74) is 0. The van der Waals surface area contributed by atoms with Crippen molar-refractivity contribution in [1.29, 1.82) is 0 Å². The van der Waals surface area contributed by atoms with E-state index in [1.54, 1.807) is 13.8 Å². The summed E-state index contributed by atoms with van der Waals surface area (Å²) >= 11 is 0. The third-order valence-electron chi connectivity index (χ3n) is 0. The number of hydrogen-bond acceptors (Lipinski definition) is 0. The first kappa shape index (κ1) is 50.6. The fraction of sp³-hybridized carbons (Fsp3) is 0.625. The summed E-state index contributed by atoms with van der Waals surface area (Å²) in [4.78, 5) is 0. The Morgan fingerprint density at radius 2 is 0.444 bits per heavy atom. The number of hydrogen-bond donors (Lipinski definition) is 0. The Labute approximate surface area is 149 Å². The minimum atomic E-state index is 0. The molecule has 0 bridgehead atoms. The van der Waals surface area contributed by atoms with Crippen LogP contribution in [0.5, 0.6) is 0 Å². The normalized spacial score (nSPS) is 4.67. The van der Waals surface area contributed by atoms with Gasteiger partial charge >= 0.3 is 41.2 Å². The van der Waals surface area contributed by atoms with Crippen molar-refractivity contribution in [2.24, 2.45) is 0 Å². The molecule has 0 atom stereocenters. The molecule has 108 valence electrons. The van der Waals surface area contributed by atoms with Gasteiger partial charge in [0.05, 0.1) is 0 Å². The van der Waals surface area contributed by atoms with Crippen LogP contribution in [0.2, 0.25) is 0 Å². The van der Waals surface area contributed by atoms with Crippen molar-refractivity contribution < 1.29 is 41.2 Å². The molecule has 0 rings (SSSR count). The van der Waals surface area contributed by atoms with Crippen LogP contribution in [-0.2, 0) is 41.2 Å². The van der Waals surface area contributed by atoms with E-state index in [9.17, 15) is 0 Å². The number of rotatable bonds is 0. The second-order valence-electron chi connectivity index (χ2n) is 2.31. The van der Waals surface area contributed by atoms with E-state index in [4.69, 9.17) is 0 Å². The smallest absolute Gasteiger partial charge is 0.346 e. The van der Waals surface area contributed by atoms with Crippen LogP contribution in [0.3, 0.4) is 0 Å². The van der Waals surface area contributed by atoms with Crippen LogP contribution in [0.15, 0.2) is 0 Å². The first-order chi connectivity index (χ1) is 7.66. The molecule has 0 amide bonds. The van der Waals surface area contributed by atoms with Gasteiger partial charge in [0.2, 0.25) is 0 Å². The third-order valence-corrected chi connectivity index (χ3v) is 0. The fourth-order valence-corrected chi connectivity index (χ4v) is 0. The maximum Gasteiger partial charge on any atom is 4.00 e. The Kier molecular flexibility index (Phi) is 544. The topological polar surface area (TPSA) is 0 Å². The summed E-state index contributed by atoms with van der Waals surface area (Å²) in [7, 11) is 0. The van der Waals surface area contributed by atoms with Gasteiger partial charge in [0.15, 0.2) is 0 Å². The molecular formula is C16H38TiZn. The van der Waals surface area contributed by atoms with Gasteiger partial charge in [-0.1, -0.05) is 0 Å². The molecule has 0 nitrogen and oxygen atoms in total. The molecule has 0 unspecified atom stereocenters. The van der Waals surface area contributed by atoms with Crippen LogP contribution in [-0.4, -0.2) is 0 Å². The molecule has 18 heavy (non-hydrogen) atoms. The average Bonchev–Trinajstić information content (AvgIpc) is 2.27. The van der Waals surface area contributed by atoms with Gasteiger partial charge in [0.1, 0.15) is 0 Å². The van der Waals surface area contributed by atoms with Crippen molar-refractivity contribution in [2.45, 2.75) is 69.2 Å². The molecule has 0 aromatic heterocycles. The van der Waals surface area contributed by atoms with E-state index in [1.165, 1.54) is 0 Å². The summed E-state index contributed by atoms with van der Waals surface area (Å²) in [6.07, 6.45) is 8.00. The van der Waals surface area contributed by atoms with Gasteiger partial charge in [0, 0.05) is 0 Å². The predicted octanol–water partition coefficient (Wildman–Crippen LogP) is 6.60. The van der Waals surface area contributed by atoms with Crippen molar-refractivity contribution in [1.82, 2.24) is 0 Å². The summed E-state index contributed by atoms with van der Waals surface area (Å²) in [6, 6.07) is 0. The fourth-order valence-electron chi connectivity index (χ4n) is 0. The molecule has 0 fully saturated rings. The van der Waals surface area contributed by atoms with Crippen molar-refractivity contribution in [3.63, 3.8) is 0 Å². The van der Waals surface area contributed by atoms with E-state index in [1.807, 2.05) is 81.1 Å². The van der Waals surface area contributed by atoms with Crippen LogP contribution in [0.4, 0.5) is 0 Å². The molecule has 0 N–H and O–H groups in total. The maximum atomic E-state index is 3.25. The molecule has 0 spiro atoms. The second kappa shape index (κ2) is 193. The second-order valence-corrected chi connectivity index (χ2v) is 2.31. The first-order valence-electron chi connectivity index (χ1n) is 6.03. The summed E-state index contributed by atoms with van der Waals surface area (Å²) in [5, 5.41) is 0. The molecule has 0 radical (unpaired) electrons. The van der Waals surface area contributed by atoms with Gasteiger partial charge in [-0.3, -0.25) is 0 Å². The largest absolute Gasteiger partial charge is 4.00 e. The quantitative estimate of drug-likeness (QED) is 0.343. The van der Waals surface area contributed by atoms with Crippen LogP contribution in [0.25, 0.3) is 0 Å². The summed E-state index contributed by atoms with van der Waals surface area (Å²) in [6.45, 7) is 26.0. The predicted molar refractivity (Wildman–Crippen MR) is 84.7 cm³/mol. The van der Waals surface area contributed by atoms with E-state index in [-0.39, 0.29) is 41.2 Å². The Hall–Kier alpha value is 1.34. The van der Waals surface area contributed by atoms with Gasteiger partial charge in [0.25, 0.3) is 0 Å². The zero-order valence-corrected chi connectivity index (χ0v) is 19.5. The zero-order valence-electron chi connectivity index (χ0n) is 14.9. The maximum absolute atomic E-state index is 3.25. The molecule has 0 saturated carbocycles. The van der Waals surface area contributed by atoms with Crippen LogP contribution < -0.4 is 0 Å². The van der Waals surface area contributed by atoms with Crippen molar-refractivity contribution >= 4 is 0 Å². The minimum Gasteiger partial charge on any atom is -0.346 e. The molecule has 0 heterocycles. The van der Waals surface area contributed by atoms with Gasteiger partial charge < -0.3 is 39.5 Å². The Morgan fingerprint density at radius 3 is 0.444 bits per heavy atom. The van der Waals surface area contributed by atoms with Gasteiger partial charge in [-0.05, 0) is 0 Å². The van der Waals surface area contributed by atoms with E-state index < -0.39 is 0 Å². The van der Waals surface area contributed by atoms with Crippen LogP contribution in [0, 0.1) is 39.5 Å². The molecule has 0 aliphatic carbocycles. The minimum absolute atomic E-state index is 0. The van der Waals surface area contributed by atoms with Crippen LogP contribution >= 0.6 is 0 Å². The van der Waals surface area contributed by atoms with Gasteiger partial charge in [-0.15, -0.1) is 0 Å². The Bertz CT molecular complexity index is 19.1. The SMILES string of the molecule is C[CH-]C.C[CH-]C.C[CH-]C.C[CH-]C.[CH2-]C.[CH2-]C.[Ti+4].[Zn+2]. The third kappa shape index (κ3) is 2590. The van der Waals surface area contributed by atoms with Crippen molar-refractivity contribution in [2.75, 3.05) is 0 Å². The molecule has 0 aromatic rings. The van der Waals surface area contributed by atoms with Crippen molar-refractivity contribution in [3.8, 4) is 0 Å².